The third-order valence-electron chi connectivity index (χ3n) is 4.22. The highest BCUT2D eigenvalue weighted by Gasteiger charge is 2.28. The Morgan fingerprint density at radius 3 is 2.52 bits per heavy atom. The van der Waals surface area contributed by atoms with Crippen LogP contribution in [0.15, 0.2) is 72.8 Å². The number of fused-ring (bicyclic) bond motifs is 1. The normalized spacial score (nSPS) is 15.0. The van der Waals surface area contributed by atoms with Crippen molar-refractivity contribution in [3.8, 4) is 11.5 Å². The summed E-state index contributed by atoms with van der Waals surface area (Å²) in [6.07, 6.45) is 4.83. The van der Waals surface area contributed by atoms with Crippen LogP contribution in [-0.2, 0) is 0 Å². The van der Waals surface area contributed by atoms with Crippen LogP contribution in [0.25, 0.3) is 6.08 Å². The number of pyridine rings is 1. The minimum Gasteiger partial charge on any atom is -0.595 e. The first-order valence-corrected chi connectivity index (χ1v) is 8.55. The maximum atomic E-state index is 12.5. The molecule has 0 amide bonds. The smallest absolute Gasteiger partial charge is 0.343 e. The van der Waals surface area contributed by atoms with Crippen LogP contribution in [0.2, 0.25) is 0 Å². The summed E-state index contributed by atoms with van der Waals surface area (Å²) >= 11 is 0. The van der Waals surface area contributed by atoms with E-state index in [1.54, 1.807) is 30.6 Å². The van der Waals surface area contributed by atoms with Gasteiger partial charge in [-0.05, 0) is 48.0 Å². The molecule has 8 heteroatoms. The van der Waals surface area contributed by atoms with Crippen LogP contribution in [0.3, 0.4) is 0 Å². The number of benzene rings is 2. The quantitative estimate of drug-likeness (QED) is 0.304. The van der Waals surface area contributed by atoms with E-state index >= 15 is 0 Å². The molecule has 0 bridgehead atoms. The molecule has 3 aromatic rings. The predicted molar refractivity (Wildman–Crippen MR) is 101 cm³/mol. The van der Waals surface area contributed by atoms with E-state index in [-0.39, 0.29) is 28.5 Å². The van der Waals surface area contributed by atoms with Crippen LogP contribution in [-0.4, -0.2) is 21.9 Å². The highest BCUT2D eigenvalue weighted by Crippen LogP contribution is 2.35. The fourth-order valence-corrected chi connectivity index (χ4v) is 2.76. The fraction of sp³-hybridized carbons (Fsp3) is 0. The number of nitrogens with one attached hydrogen (secondary N) is 1. The third-order valence-corrected chi connectivity index (χ3v) is 4.22. The number of nitrogens with zero attached hydrogens (tertiary/aromatic N) is 1. The monoisotopic (exact) mass is 390 g/mol. The molecule has 1 aromatic heterocycles. The summed E-state index contributed by atoms with van der Waals surface area (Å²) < 4.78 is 10.9. The van der Waals surface area contributed by atoms with Crippen LogP contribution >= 0.6 is 0 Å². The first kappa shape index (κ1) is 18.5. The maximum absolute atomic E-state index is 12.5. The zero-order chi connectivity index (χ0) is 20.4. The summed E-state index contributed by atoms with van der Waals surface area (Å²) in [5.74, 6) is -0.257. The van der Waals surface area contributed by atoms with Crippen molar-refractivity contribution in [3.05, 3.63) is 94.6 Å². The largest absolute Gasteiger partial charge is 0.595 e. The van der Waals surface area contributed by atoms with Crippen molar-refractivity contribution in [3.63, 3.8) is 0 Å². The standard InChI is InChI=1S/C21H14N2O6/c24-20-17-6-5-16(28-21(25)14-1-3-15(4-2-14)23(26)27)12-18(17)29-19(20)11-13-7-9-22-10-8-13/h1-12,23,26H. The van der Waals surface area contributed by atoms with Crippen LogP contribution < -0.4 is 14.7 Å². The second kappa shape index (κ2) is 7.64. The van der Waals surface area contributed by atoms with Gasteiger partial charge in [0.25, 0.3) is 0 Å². The molecule has 1 aliphatic rings. The molecule has 0 saturated heterocycles. The van der Waals surface area contributed by atoms with Crippen molar-refractivity contribution in [2.45, 2.75) is 0 Å². The Morgan fingerprint density at radius 1 is 1.10 bits per heavy atom. The fourth-order valence-electron chi connectivity index (χ4n) is 2.76. The van der Waals surface area contributed by atoms with Gasteiger partial charge in [0.1, 0.15) is 11.5 Å². The Labute approximate surface area is 164 Å². The number of hydrogen-bond donors (Lipinski definition) is 2. The van der Waals surface area contributed by atoms with Gasteiger partial charge in [0.05, 0.1) is 11.1 Å². The molecule has 0 saturated carbocycles. The number of aromatic nitrogens is 1. The van der Waals surface area contributed by atoms with Gasteiger partial charge in [-0.3, -0.25) is 9.78 Å². The van der Waals surface area contributed by atoms with Gasteiger partial charge < -0.3 is 14.7 Å². The molecule has 0 radical (unpaired) electrons. The summed E-state index contributed by atoms with van der Waals surface area (Å²) in [7, 11) is 0. The van der Waals surface area contributed by atoms with Crippen molar-refractivity contribution in [2.75, 3.05) is 0 Å². The number of quaternary nitrogens is 1. The Balaban J connectivity index is 1.51. The molecule has 29 heavy (non-hydrogen) atoms. The number of hydrogen-bond acceptors (Lipinski definition) is 7. The van der Waals surface area contributed by atoms with Crippen molar-refractivity contribution >= 4 is 23.5 Å². The summed E-state index contributed by atoms with van der Waals surface area (Å²) in [6.45, 7) is 0. The minimum atomic E-state index is -1.08. The summed E-state index contributed by atoms with van der Waals surface area (Å²) in [4.78, 5) is 28.7. The minimum absolute atomic E-state index is 0.0690. The van der Waals surface area contributed by atoms with Crippen LogP contribution in [0, 0.1) is 5.21 Å². The van der Waals surface area contributed by atoms with Crippen LogP contribution in [0.5, 0.6) is 11.5 Å². The van der Waals surface area contributed by atoms with E-state index in [0.717, 1.165) is 5.56 Å². The second-order valence-electron chi connectivity index (χ2n) is 6.15. The SMILES string of the molecule is O=C(Oc1ccc2c(c1)OC(=Cc1ccncc1)C2=O)c1ccc([NH+]([O-])O)cc1. The van der Waals surface area contributed by atoms with E-state index in [4.69, 9.17) is 14.7 Å². The van der Waals surface area contributed by atoms with Gasteiger partial charge in [-0.15, -0.1) is 0 Å². The van der Waals surface area contributed by atoms with E-state index in [1.165, 1.54) is 42.5 Å². The molecule has 2 aromatic carbocycles. The van der Waals surface area contributed by atoms with Crippen LogP contribution in [0.4, 0.5) is 5.69 Å². The highest BCUT2D eigenvalue weighted by molar-refractivity contribution is 6.14. The number of allylic oxidation sites excluding steroid dienone is 1. The van der Waals surface area contributed by atoms with Gasteiger partial charge in [-0.25, -0.2) is 10.0 Å². The van der Waals surface area contributed by atoms with E-state index in [1.807, 2.05) is 0 Å². The third kappa shape index (κ3) is 3.90. The summed E-state index contributed by atoms with van der Waals surface area (Å²) in [6, 6.07) is 13.4. The molecule has 0 spiro atoms. The lowest BCUT2D eigenvalue weighted by Gasteiger charge is -2.11. The van der Waals surface area contributed by atoms with Gasteiger partial charge in [0.2, 0.25) is 5.78 Å². The molecule has 144 valence electrons. The van der Waals surface area contributed by atoms with E-state index in [2.05, 4.69) is 4.98 Å². The van der Waals surface area contributed by atoms with Crippen LogP contribution in [0.1, 0.15) is 26.3 Å². The van der Waals surface area contributed by atoms with E-state index < -0.39 is 11.2 Å². The number of rotatable bonds is 4. The summed E-state index contributed by atoms with van der Waals surface area (Å²) in [5.41, 5.74) is 1.41. The lowest BCUT2D eigenvalue weighted by molar-refractivity contribution is -0.991. The molecular weight excluding hydrogens is 376 g/mol. The molecular formula is C21H14N2O6. The van der Waals surface area contributed by atoms with Crippen molar-refractivity contribution in [1.29, 1.82) is 0 Å². The predicted octanol–water partition coefficient (Wildman–Crippen LogP) is 2.32. The molecule has 1 unspecified atom stereocenters. The molecule has 8 nitrogen and oxygen atoms in total. The van der Waals surface area contributed by atoms with E-state index in [9.17, 15) is 14.8 Å². The van der Waals surface area contributed by atoms with Gasteiger partial charge in [0, 0.05) is 30.6 Å². The molecule has 2 N–H and O–H groups in total. The molecule has 4 rings (SSSR count). The van der Waals surface area contributed by atoms with Crippen molar-refractivity contribution < 1.29 is 29.5 Å². The van der Waals surface area contributed by atoms with Gasteiger partial charge in [-0.1, -0.05) is 0 Å². The Morgan fingerprint density at radius 2 is 1.83 bits per heavy atom. The molecule has 0 fully saturated rings. The topological polar surface area (TPSA) is 113 Å². The highest BCUT2D eigenvalue weighted by atomic mass is 16.8. The number of carbonyl (C=O) groups is 2. The molecule has 0 aliphatic carbocycles. The first-order valence-electron chi connectivity index (χ1n) is 8.55. The average molecular weight is 390 g/mol. The number of carbonyl (C=O) groups excluding carboxylic acids is 2. The van der Waals surface area contributed by atoms with Gasteiger partial charge in [-0.2, -0.15) is 5.23 Å². The Bertz CT molecular complexity index is 1110. The van der Waals surface area contributed by atoms with Gasteiger partial charge in [0.15, 0.2) is 11.4 Å². The summed E-state index contributed by atoms with van der Waals surface area (Å²) in [5, 5.41) is 18.7. The second-order valence-corrected chi connectivity index (χ2v) is 6.15. The lowest BCUT2D eigenvalue weighted by atomic mass is 10.1. The number of esters is 1. The zero-order valence-corrected chi connectivity index (χ0v) is 14.9. The van der Waals surface area contributed by atoms with Crippen molar-refractivity contribution in [1.82, 2.24) is 4.98 Å². The number of ether oxygens (including phenoxy) is 2. The maximum Gasteiger partial charge on any atom is 0.343 e. The zero-order valence-electron chi connectivity index (χ0n) is 14.9. The Kier molecular flexibility index (Phi) is 4.88. The average Bonchev–Trinajstić information content (AvgIpc) is 3.03. The van der Waals surface area contributed by atoms with E-state index in [0.29, 0.717) is 11.3 Å². The number of Topliss-reactive ketones (excluding diaryl/α,β-unsaturated/α-hetero) is 1. The number of ketones is 1. The Hall–Kier alpha value is -3.85. The first-order chi connectivity index (χ1) is 14.0. The molecule has 1 atom stereocenters. The molecule has 1 aliphatic heterocycles. The lowest BCUT2D eigenvalue weighted by Crippen LogP contribution is -2.99. The van der Waals surface area contributed by atoms with Gasteiger partial charge >= 0.3 is 5.97 Å². The van der Waals surface area contributed by atoms with Crippen molar-refractivity contribution in [2.24, 2.45) is 0 Å². The molecule has 2 heterocycles.